The largest absolute Gasteiger partial charge is 0.464 e. The molecule has 5 rings (SSSR count). The van der Waals surface area contributed by atoms with Crippen molar-refractivity contribution >= 4 is 16.8 Å². The Balaban J connectivity index is 1.68. The molecule has 1 aromatic heterocycles. The van der Waals surface area contributed by atoms with E-state index in [4.69, 9.17) is 9.47 Å². The molecule has 3 unspecified atom stereocenters. The third-order valence-electron chi connectivity index (χ3n) is 8.41. The third-order valence-corrected chi connectivity index (χ3v) is 9.93. The molecule has 1 N–H and O–H groups in total. The summed E-state index contributed by atoms with van der Waals surface area (Å²) >= 11 is 0. The van der Waals surface area contributed by atoms with Crippen molar-refractivity contribution < 1.29 is 49.6 Å². The standard InChI is InChI=1S/C36H34F6N2O6S/c1-3-49-30(45)19-48-16-15-43-32(22-9-5-4-6-10-22)29-20-51(47)34-25(18-26-27(36(40,41)42)13-8-14-28(26)37)21(2)31(33(46)44(29)34)23-11-7-12-24(17-23)50-35(38)39/h4-14,17,29,32,35,43H,3,15-16,18-20H2,1-2H3. The van der Waals surface area contributed by atoms with E-state index in [1.165, 1.54) is 35.8 Å². The van der Waals surface area contributed by atoms with Gasteiger partial charge in [0.1, 0.15) is 23.2 Å². The Morgan fingerprint density at radius 3 is 2.45 bits per heavy atom. The molecule has 51 heavy (non-hydrogen) atoms. The van der Waals surface area contributed by atoms with Crippen LogP contribution >= 0.6 is 0 Å². The van der Waals surface area contributed by atoms with Crippen LogP contribution < -0.4 is 15.6 Å². The van der Waals surface area contributed by atoms with E-state index in [1.807, 2.05) is 0 Å². The summed E-state index contributed by atoms with van der Waals surface area (Å²) in [5, 5.41) is 3.24. The number of pyridine rings is 1. The summed E-state index contributed by atoms with van der Waals surface area (Å²) in [6.07, 6.45) is -5.60. The number of esters is 1. The number of benzene rings is 3. The van der Waals surface area contributed by atoms with E-state index >= 15 is 4.39 Å². The average Bonchev–Trinajstić information content (AvgIpc) is 3.41. The third kappa shape index (κ3) is 8.54. The minimum atomic E-state index is -4.93. The van der Waals surface area contributed by atoms with Gasteiger partial charge in [0.2, 0.25) is 0 Å². The zero-order chi connectivity index (χ0) is 36.9. The van der Waals surface area contributed by atoms with Crippen LogP contribution in [0.25, 0.3) is 11.1 Å². The number of alkyl halides is 5. The first-order chi connectivity index (χ1) is 24.3. The molecule has 2 heterocycles. The molecule has 3 atom stereocenters. The van der Waals surface area contributed by atoms with Crippen LogP contribution in [0.15, 0.2) is 82.6 Å². The Labute approximate surface area is 291 Å². The lowest BCUT2D eigenvalue weighted by atomic mass is 9.92. The van der Waals surface area contributed by atoms with Crippen LogP contribution in [0.4, 0.5) is 26.3 Å². The molecular weight excluding hydrogens is 702 g/mol. The summed E-state index contributed by atoms with van der Waals surface area (Å²) in [5.74, 6) is -2.10. The SMILES string of the molecule is CCOC(=O)COCCNC(c1ccccc1)C1CS(=O)c2c(Cc3c(F)cccc3C(F)(F)F)c(C)c(-c3cccc(OC(F)F)c3)c(=O)n21. The van der Waals surface area contributed by atoms with E-state index in [9.17, 15) is 35.8 Å². The van der Waals surface area contributed by atoms with Crippen LogP contribution in [0.5, 0.6) is 5.75 Å². The number of nitrogens with one attached hydrogen (secondary N) is 1. The normalized spacial score (nSPS) is 16.3. The molecule has 272 valence electrons. The van der Waals surface area contributed by atoms with Gasteiger partial charge in [-0.3, -0.25) is 13.6 Å². The van der Waals surface area contributed by atoms with E-state index in [0.717, 1.165) is 18.2 Å². The molecule has 8 nitrogen and oxygen atoms in total. The second-order valence-electron chi connectivity index (χ2n) is 11.6. The van der Waals surface area contributed by atoms with Gasteiger partial charge in [-0.05, 0) is 60.4 Å². The Kier molecular flexibility index (Phi) is 12.0. The first kappa shape index (κ1) is 37.8. The van der Waals surface area contributed by atoms with Crippen LogP contribution in [-0.4, -0.2) is 53.5 Å². The molecule has 0 aliphatic carbocycles. The predicted molar refractivity (Wildman–Crippen MR) is 177 cm³/mol. The highest BCUT2D eigenvalue weighted by Crippen LogP contribution is 2.41. The highest BCUT2D eigenvalue weighted by Gasteiger charge is 2.41. The van der Waals surface area contributed by atoms with Crippen molar-refractivity contribution in [1.82, 2.24) is 9.88 Å². The first-order valence-corrected chi connectivity index (χ1v) is 17.2. The summed E-state index contributed by atoms with van der Waals surface area (Å²) in [6, 6.07) is 15.1. The van der Waals surface area contributed by atoms with Gasteiger partial charge in [0.05, 0.1) is 53.0 Å². The van der Waals surface area contributed by atoms with Crippen LogP contribution in [0, 0.1) is 12.7 Å². The fraction of sp³-hybridized carbons (Fsp3) is 0.333. The van der Waals surface area contributed by atoms with E-state index in [0.29, 0.717) is 5.56 Å². The van der Waals surface area contributed by atoms with E-state index in [2.05, 4.69) is 10.1 Å². The summed E-state index contributed by atoms with van der Waals surface area (Å²) < 4.78 is 114. The lowest BCUT2D eigenvalue weighted by Crippen LogP contribution is -2.37. The summed E-state index contributed by atoms with van der Waals surface area (Å²) in [6.45, 7) is 0.0320. The topological polar surface area (TPSA) is 95.9 Å². The lowest BCUT2D eigenvalue weighted by Gasteiger charge is -2.28. The molecule has 15 heteroatoms. The Morgan fingerprint density at radius 1 is 1.04 bits per heavy atom. The quantitative estimate of drug-likeness (QED) is 0.0870. The van der Waals surface area contributed by atoms with Crippen molar-refractivity contribution in [1.29, 1.82) is 0 Å². The number of nitrogens with zero attached hydrogens (tertiary/aromatic N) is 1. The molecule has 0 amide bonds. The number of ether oxygens (including phenoxy) is 3. The smallest absolute Gasteiger partial charge is 0.416 e. The summed E-state index contributed by atoms with van der Waals surface area (Å²) in [4.78, 5) is 26.3. The van der Waals surface area contributed by atoms with E-state index in [1.54, 1.807) is 37.3 Å². The van der Waals surface area contributed by atoms with Crippen molar-refractivity contribution in [2.75, 3.05) is 32.1 Å². The molecule has 0 radical (unpaired) electrons. The van der Waals surface area contributed by atoms with Crippen molar-refractivity contribution in [2.45, 2.75) is 50.2 Å². The Bertz CT molecular complexity index is 1950. The van der Waals surface area contributed by atoms with Gasteiger partial charge in [0.15, 0.2) is 0 Å². The predicted octanol–water partition coefficient (Wildman–Crippen LogP) is 6.75. The highest BCUT2D eigenvalue weighted by atomic mass is 32.2. The van der Waals surface area contributed by atoms with Gasteiger partial charge in [-0.2, -0.15) is 22.0 Å². The first-order valence-electron chi connectivity index (χ1n) is 15.9. The van der Waals surface area contributed by atoms with E-state index in [-0.39, 0.29) is 65.1 Å². The van der Waals surface area contributed by atoms with Gasteiger partial charge in [-0.25, -0.2) is 9.18 Å². The number of aromatic nitrogens is 1. The average molecular weight is 737 g/mol. The lowest BCUT2D eigenvalue weighted by molar-refractivity contribution is -0.148. The van der Waals surface area contributed by atoms with Crippen molar-refractivity contribution in [3.05, 3.63) is 117 Å². The monoisotopic (exact) mass is 736 g/mol. The number of fused-ring (bicyclic) bond motifs is 1. The highest BCUT2D eigenvalue weighted by molar-refractivity contribution is 7.85. The van der Waals surface area contributed by atoms with Gasteiger partial charge in [0.25, 0.3) is 5.56 Å². The molecule has 0 bridgehead atoms. The fourth-order valence-electron chi connectivity index (χ4n) is 6.27. The second kappa shape index (κ2) is 16.3. The van der Waals surface area contributed by atoms with Crippen molar-refractivity contribution in [3.8, 4) is 16.9 Å². The second-order valence-corrected chi connectivity index (χ2v) is 13.0. The van der Waals surface area contributed by atoms with Crippen molar-refractivity contribution in [3.63, 3.8) is 0 Å². The Morgan fingerprint density at radius 2 is 1.76 bits per heavy atom. The molecular formula is C36H34F6N2O6S. The van der Waals surface area contributed by atoms with Crippen LogP contribution in [0.2, 0.25) is 0 Å². The maximum absolute atomic E-state index is 15.3. The Hall–Kier alpha value is -4.47. The van der Waals surface area contributed by atoms with E-state index < -0.39 is 70.6 Å². The number of rotatable bonds is 14. The zero-order valence-electron chi connectivity index (χ0n) is 27.5. The molecule has 4 aromatic rings. The van der Waals surface area contributed by atoms with Gasteiger partial charge in [-0.15, -0.1) is 0 Å². The van der Waals surface area contributed by atoms with Crippen molar-refractivity contribution in [2.24, 2.45) is 0 Å². The van der Waals surface area contributed by atoms with Gasteiger partial charge < -0.3 is 19.5 Å². The van der Waals surface area contributed by atoms with Gasteiger partial charge in [0, 0.05) is 18.5 Å². The molecule has 3 aromatic carbocycles. The van der Waals surface area contributed by atoms with Crippen LogP contribution in [0.1, 0.15) is 46.8 Å². The maximum atomic E-state index is 15.3. The minimum Gasteiger partial charge on any atom is -0.464 e. The van der Waals surface area contributed by atoms with Gasteiger partial charge in [-0.1, -0.05) is 48.5 Å². The molecule has 1 aliphatic heterocycles. The molecule has 1 aliphatic rings. The van der Waals surface area contributed by atoms with Crippen LogP contribution in [0.3, 0.4) is 0 Å². The molecule has 0 saturated carbocycles. The van der Waals surface area contributed by atoms with Gasteiger partial charge >= 0.3 is 18.8 Å². The number of hydrogen-bond donors (Lipinski definition) is 1. The molecule has 0 spiro atoms. The maximum Gasteiger partial charge on any atom is 0.416 e. The fourth-order valence-corrected chi connectivity index (χ4v) is 8.02. The number of carbonyl (C=O) groups excluding carboxylic acids is 1. The summed E-state index contributed by atoms with van der Waals surface area (Å²) in [7, 11) is -1.95. The van der Waals surface area contributed by atoms with Crippen LogP contribution in [-0.2, 0) is 37.7 Å². The number of hydrogen-bond acceptors (Lipinski definition) is 7. The minimum absolute atomic E-state index is 0.0331. The molecule has 0 fully saturated rings. The number of halogens is 6. The molecule has 0 saturated heterocycles. The zero-order valence-corrected chi connectivity index (χ0v) is 28.3. The summed E-state index contributed by atoms with van der Waals surface area (Å²) in [5.41, 5.74) is -1.74. The number of carbonyl (C=O) groups is 1.